The lowest BCUT2D eigenvalue weighted by molar-refractivity contribution is -0.226. The van der Waals surface area contributed by atoms with Gasteiger partial charge >= 0.3 is 20.2 Å². The Balaban J connectivity index is 4.56. The number of phosphoric acid groups is 1. The average molecular weight is 300 g/mol. The lowest BCUT2D eigenvalue weighted by atomic mass is 10.4. The molecule has 0 aromatic heterocycles. The molecule has 0 bridgehead atoms. The van der Waals surface area contributed by atoms with Gasteiger partial charge in [0.05, 0.1) is 6.61 Å². The van der Waals surface area contributed by atoms with E-state index < -0.39 is 26.5 Å². The standard InChI is InChI=1S/C8H14F5O4P/c1-3-4-5-16-18(14,15-2)17-7(11)8(12,13)6(9)10/h6-7H,3-5H2,1-2H3. The second kappa shape index (κ2) is 7.37. The highest BCUT2D eigenvalue weighted by Crippen LogP contribution is 2.52. The summed E-state index contributed by atoms with van der Waals surface area (Å²) in [5.74, 6) is -5.09. The predicted molar refractivity (Wildman–Crippen MR) is 52.4 cm³/mol. The summed E-state index contributed by atoms with van der Waals surface area (Å²) in [7, 11) is -3.85. The van der Waals surface area contributed by atoms with Crippen molar-refractivity contribution in [1.29, 1.82) is 0 Å². The van der Waals surface area contributed by atoms with E-state index in [2.05, 4.69) is 13.6 Å². The van der Waals surface area contributed by atoms with E-state index in [0.717, 1.165) is 7.11 Å². The fourth-order valence-electron chi connectivity index (χ4n) is 0.730. The van der Waals surface area contributed by atoms with Crippen LogP contribution in [0.2, 0.25) is 0 Å². The van der Waals surface area contributed by atoms with Crippen molar-refractivity contribution in [3.05, 3.63) is 0 Å². The van der Waals surface area contributed by atoms with Gasteiger partial charge in [-0.15, -0.1) is 0 Å². The molecule has 0 amide bonds. The number of halogens is 5. The molecule has 0 fully saturated rings. The summed E-state index contributed by atoms with van der Waals surface area (Å²) >= 11 is 0. The molecular weight excluding hydrogens is 286 g/mol. The minimum atomic E-state index is -5.09. The Hall–Kier alpha value is -0.240. The van der Waals surface area contributed by atoms with Crippen LogP contribution in [0.1, 0.15) is 19.8 Å². The first-order valence-corrected chi connectivity index (χ1v) is 6.44. The topological polar surface area (TPSA) is 44.8 Å². The largest absolute Gasteiger partial charge is 0.477 e. The number of hydrogen-bond acceptors (Lipinski definition) is 4. The highest BCUT2D eigenvalue weighted by molar-refractivity contribution is 7.48. The fourth-order valence-corrected chi connectivity index (χ4v) is 1.70. The molecule has 10 heteroatoms. The van der Waals surface area contributed by atoms with E-state index in [1.54, 1.807) is 6.92 Å². The van der Waals surface area contributed by atoms with Crippen LogP contribution in [-0.4, -0.2) is 32.4 Å². The van der Waals surface area contributed by atoms with Crippen molar-refractivity contribution in [3.8, 4) is 0 Å². The van der Waals surface area contributed by atoms with Gasteiger partial charge in [-0.05, 0) is 6.42 Å². The molecular formula is C8H14F5O4P. The Bertz CT molecular complexity index is 289. The van der Waals surface area contributed by atoms with Gasteiger partial charge in [0.1, 0.15) is 0 Å². The van der Waals surface area contributed by atoms with Crippen LogP contribution >= 0.6 is 7.82 Å². The summed E-state index contributed by atoms with van der Waals surface area (Å²) in [5.41, 5.74) is 0. The second-order valence-electron chi connectivity index (χ2n) is 3.21. The van der Waals surface area contributed by atoms with Crippen LogP contribution in [0.4, 0.5) is 22.0 Å². The zero-order valence-electron chi connectivity index (χ0n) is 9.75. The van der Waals surface area contributed by atoms with Gasteiger partial charge in [0.15, 0.2) is 0 Å². The Labute approximate surface area is 101 Å². The lowest BCUT2D eigenvalue weighted by Gasteiger charge is -2.23. The molecule has 0 heterocycles. The van der Waals surface area contributed by atoms with E-state index in [0.29, 0.717) is 12.8 Å². The average Bonchev–Trinajstić information content (AvgIpc) is 2.29. The molecule has 110 valence electrons. The monoisotopic (exact) mass is 300 g/mol. The van der Waals surface area contributed by atoms with Crippen molar-refractivity contribution in [1.82, 2.24) is 0 Å². The molecule has 2 atom stereocenters. The van der Waals surface area contributed by atoms with Gasteiger partial charge in [-0.25, -0.2) is 22.3 Å². The fraction of sp³-hybridized carbons (Fsp3) is 1.00. The van der Waals surface area contributed by atoms with Crippen molar-refractivity contribution in [2.45, 2.75) is 38.5 Å². The van der Waals surface area contributed by atoms with E-state index in [9.17, 15) is 26.5 Å². The van der Waals surface area contributed by atoms with Crippen LogP contribution in [0.15, 0.2) is 0 Å². The summed E-state index contributed by atoms with van der Waals surface area (Å²) < 4.78 is 85.2. The number of hydrogen-bond donors (Lipinski definition) is 0. The number of unbranched alkanes of at least 4 members (excludes halogenated alkanes) is 1. The van der Waals surface area contributed by atoms with Gasteiger partial charge < -0.3 is 0 Å². The minimum absolute atomic E-state index is 0.200. The van der Waals surface area contributed by atoms with Crippen LogP contribution in [0.25, 0.3) is 0 Å². The first-order valence-electron chi connectivity index (χ1n) is 4.98. The van der Waals surface area contributed by atoms with Crippen LogP contribution in [-0.2, 0) is 18.1 Å². The Morgan fingerprint density at radius 1 is 1.28 bits per heavy atom. The Morgan fingerprint density at radius 2 is 1.83 bits per heavy atom. The third-order valence-electron chi connectivity index (χ3n) is 1.79. The molecule has 2 unspecified atom stereocenters. The lowest BCUT2D eigenvalue weighted by Crippen LogP contribution is -2.39. The highest BCUT2D eigenvalue weighted by atomic mass is 31.2. The smallest absolute Gasteiger partial charge is 0.290 e. The zero-order valence-corrected chi connectivity index (χ0v) is 10.6. The molecule has 0 aliphatic rings. The van der Waals surface area contributed by atoms with Crippen LogP contribution in [0.3, 0.4) is 0 Å². The number of alkyl halides is 5. The second-order valence-corrected chi connectivity index (χ2v) is 4.94. The van der Waals surface area contributed by atoms with E-state index in [1.807, 2.05) is 0 Å². The molecule has 0 radical (unpaired) electrons. The Kier molecular flexibility index (Phi) is 7.28. The molecule has 0 spiro atoms. The van der Waals surface area contributed by atoms with E-state index in [1.165, 1.54) is 0 Å². The quantitative estimate of drug-likeness (QED) is 0.369. The molecule has 0 aliphatic carbocycles. The van der Waals surface area contributed by atoms with Crippen LogP contribution < -0.4 is 0 Å². The molecule has 0 aliphatic heterocycles. The third-order valence-corrected chi connectivity index (χ3v) is 3.18. The first kappa shape index (κ1) is 17.8. The number of phosphoric ester groups is 1. The first-order chi connectivity index (χ1) is 8.19. The summed E-state index contributed by atoms with van der Waals surface area (Å²) in [5, 5.41) is 0. The molecule has 0 N–H and O–H groups in total. The summed E-state index contributed by atoms with van der Waals surface area (Å²) in [6, 6.07) is 0. The van der Waals surface area contributed by atoms with Gasteiger partial charge in [0, 0.05) is 7.11 Å². The highest BCUT2D eigenvalue weighted by Gasteiger charge is 2.53. The van der Waals surface area contributed by atoms with Crippen molar-refractivity contribution in [2.75, 3.05) is 13.7 Å². The molecule has 0 saturated carbocycles. The third kappa shape index (κ3) is 5.17. The summed E-state index contributed by atoms with van der Waals surface area (Å²) in [6.07, 6.45) is -7.08. The van der Waals surface area contributed by atoms with Gasteiger partial charge in [-0.2, -0.15) is 8.78 Å². The molecule has 0 aromatic carbocycles. The van der Waals surface area contributed by atoms with Crippen LogP contribution in [0.5, 0.6) is 0 Å². The number of rotatable bonds is 9. The van der Waals surface area contributed by atoms with Crippen molar-refractivity contribution >= 4 is 7.82 Å². The molecule has 0 saturated heterocycles. The maximum absolute atomic E-state index is 12.8. The van der Waals surface area contributed by atoms with Crippen molar-refractivity contribution in [2.24, 2.45) is 0 Å². The minimum Gasteiger partial charge on any atom is -0.290 e. The van der Waals surface area contributed by atoms with Crippen molar-refractivity contribution < 1.29 is 40.1 Å². The van der Waals surface area contributed by atoms with Crippen molar-refractivity contribution in [3.63, 3.8) is 0 Å². The van der Waals surface area contributed by atoms with Gasteiger partial charge in [0.25, 0.3) is 6.36 Å². The summed E-state index contributed by atoms with van der Waals surface area (Å²) in [4.78, 5) is 0. The predicted octanol–water partition coefficient (Wildman–Crippen LogP) is 3.77. The normalized spacial score (nSPS) is 17.8. The zero-order chi connectivity index (χ0) is 14.4. The maximum atomic E-state index is 12.8. The van der Waals surface area contributed by atoms with Gasteiger partial charge in [-0.1, -0.05) is 13.3 Å². The van der Waals surface area contributed by atoms with E-state index in [4.69, 9.17) is 0 Å². The van der Waals surface area contributed by atoms with Gasteiger partial charge in [-0.3, -0.25) is 9.05 Å². The molecule has 0 rings (SSSR count). The van der Waals surface area contributed by atoms with Gasteiger partial charge in [0.2, 0.25) is 0 Å². The van der Waals surface area contributed by atoms with E-state index in [-0.39, 0.29) is 6.61 Å². The summed E-state index contributed by atoms with van der Waals surface area (Å²) in [6.45, 7) is 1.56. The maximum Gasteiger partial charge on any atom is 0.477 e. The molecule has 18 heavy (non-hydrogen) atoms. The SMILES string of the molecule is CCCCOP(=O)(OC)OC(F)C(F)(F)C(F)F. The molecule has 4 nitrogen and oxygen atoms in total. The van der Waals surface area contributed by atoms with Crippen LogP contribution in [0, 0.1) is 0 Å². The Morgan fingerprint density at radius 3 is 2.22 bits per heavy atom. The molecule has 0 aromatic rings. The van der Waals surface area contributed by atoms with E-state index >= 15 is 0 Å².